The Morgan fingerprint density at radius 1 is 1.09 bits per heavy atom. The molecule has 0 aromatic heterocycles. The van der Waals surface area contributed by atoms with Gasteiger partial charge in [-0.3, -0.25) is 0 Å². The van der Waals surface area contributed by atoms with Gasteiger partial charge >= 0.3 is 6.48 Å². The molecule has 4 nitrogen and oxygen atoms in total. The molecule has 0 amide bonds. The molecule has 1 unspecified atom stereocenters. The van der Waals surface area contributed by atoms with E-state index in [9.17, 15) is 0 Å². The Labute approximate surface area is 134 Å². The first kappa shape index (κ1) is 13.0. The molecular weight excluding hydrogens is 290 g/mol. The number of nitrogens with zero attached hydrogens (tertiary/aromatic N) is 1. The van der Waals surface area contributed by atoms with Gasteiger partial charge in [0.15, 0.2) is 11.5 Å². The Kier molecular flexibility index (Phi) is 2.70. The second-order valence-corrected chi connectivity index (χ2v) is 6.12. The highest BCUT2D eigenvalue weighted by atomic mass is 16.9. The Balaban J connectivity index is 1.63. The van der Waals surface area contributed by atoms with Gasteiger partial charge in [0.25, 0.3) is 0 Å². The van der Waals surface area contributed by atoms with Gasteiger partial charge in [-0.15, -0.1) is 0 Å². The molecule has 5 rings (SSSR count). The van der Waals surface area contributed by atoms with Crippen molar-refractivity contribution in [2.75, 3.05) is 13.7 Å². The molecule has 0 saturated heterocycles. The summed E-state index contributed by atoms with van der Waals surface area (Å²) in [5.41, 5.74) is 6.52. The Morgan fingerprint density at radius 3 is 2.78 bits per heavy atom. The highest BCUT2D eigenvalue weighted by Crippen LogP contribution is 2.43. The van der Waals surface area contributed by atoms with E-state index in [0.29, 0.717) is 0 Å². The van der Waals surface area contributed by atoms with E-state index in [-0.39, 0.29) is 0 Å². The minimum Gasteiger partial charge on any atom is -0.428 e. The van der Waals surface area contributed by atoms with Gasteiger partial charge in [-0.05, 0) is 41.3 Å². The Bertz CT molecular complexity index is 827. The second kappa shape index (κ2) is 4.77. The first-order chi connectivity index (χ1) is 11.3. The van der Waals surface area contributed by atoms with Gasteiger partial charge in [-0.25, -0.2) is 0 Å². The average Bonchev–Trinajstić information content (AvgIpc) is 3.00. The van der Waals surface area contributed by atoms with E-state index < -0.39 is 6.48 Å². The van der Waals surface area contributed by atoms with Crippen molar-refractivity contribution in [1.29, 1.82) is 0 Å². The van der Waals surface area contributed by atoms with Crippen molar-refractivity contribution in [3.63, 3.8) is 0 Å². The lowest BCUT2D eigenvalue weighted by Gasteiger charge is -2.36. The van der Waals surface area contributed by atoms with Crippen LogP contribution in [0.4, 0.5) is 0 Å². The SMILES string of the molecule is COC1Oc2cc3c(cc2O1)C1=Cc2ccccc2CN1CC3. The Morgan fingerprint density at radius 2 is 1.91 bits per heavy atom. The maximum absolute atomic E-state index is 5.68. The highest BCUT2D eigenvalue weighted by Gasteiger charge is 2.30. The number of hydrogen-bond acceptors (Lipinski definition) is 4. The lowest BCUT2D eigenvalue weighted by molar-refractivity contribution is -0.157. The largest absolute Gasteiger partial charge is 0.428 e. The third kappa shape index (κ3) is 1.95. The smallest absolute Gasteiger partial charge is 0.360 e. The van der Waals surface area contributed by atoms with Crippen LogP contribution in [0.3, 0.4) is 0 Å². The summed E-state index contributed by atoms with van der Waals surface area (Å²) in [6, 6.07) is 12.8. The standard InChI is InChI=1S/C19H17NO3/c1-21-19-22-17-9-13-6-7-20-11-14-5-3-2-4-12(14)8-16(20)15(13)10-18(17)23-19/h2-5,8-10,19H,6-7,11H2,1H3. The molecule has 4 heteroatoms. The van der Waals surface area contributed by atoms with Crippen molar-refractivity contribution >= 4 is 11.8 Å². The highest BCUT2D eigenvalue weighted by molar-refractivity contribution is 5.86. The molecule has 3 aliphatic rings. The minimum atomic E-state index is -0.633. The van der Waals surface area contributed by atoms with Crippen LogP contribution in [-0.2, 0) is 17.7 Å². The maximum atomic E-state index is 5.68. The zero-order chi connectivity index (χ0) is 15.4. The molecule has 0 aliphatic carbocycles. The number of hydrogen-bond donors (Lipinski definition) is 0. The molecule has 2 aromatic rings. The minimum absolute atomic E-state index is 0.633. The van der Waals surface area contributed by atoms with Crippen LogP contribution >= 0.6 is 0 Å². The lowest BCUT2D eigenvalue weighted by Crippen LogP contribution is -2.31. The van der Waals surface area contributed by atoms with Gasteiger partial charge in [0.2, 0.25) is 0 Å². The molecule has 116 valence electrons. The van der Waals surface area contributed by atoms with E-state index >= 15 is 0 Å². The van der Waals surface area contributed by atoms with E-state index in [1.807, 2.05) is 0 Å². The summed E-state index contributed by atoms with van der Waals surface area (Å²) in [6.45, 7) is 1.36. The fraction of sp³-hybridized carbons (Fsp3) is 0.263. The van der Waals surface area contributed by atoms with Crippen molar-refractivity contribution in [2.24, 2.45) is 0 Å². The zero-order valence-electron chi connectivity index (χ0n) is 12.9. The molecule has 0 fully saturated rings. The molecule has 0 spiro atoms. The molecule has 0 saturated carbocycles. The number of methoxy groups -OCH3 is 1. The quantitative estimate of drug-likeness (QED) is 0.809. The normalized spacial score (nSPS) is 20.5. The first-order valence-electron chi connectivity index (χ1n) is 7.90. The van der Waals surface area contributed by atoms with Crippen LogP contribution < -0.4 is 9.47 Å². The van der Waals surface area contributed by atoms with Crippen molar-refractivity contribution in [2.45, 2.75) is 19.4 Å². The van der Waals surface area contributed by atoms with Crippen LogP contribution in [0.2, 0.25) is 0 Å². The molecule has 3 aliphatic heterocycles. The van der Waals surface area contributed by atoms with Gasteiger partial charge in [0.05, 0.1) is 0 Å². The maximum Gasteiger partial charge on any atom is 0.360 e. The summed E-state index contributed by atoms with van der Waals surface area (Å²) in [4.78, 5) is 2.45. The summed E-state index contributed by atoms with van der Waals surface area (Å²) in [5, 5.41) is 0. The fourth-order valence-corrected chi connectivity index (χ4v) is 3.61. The van der Waals surface area contributed by atoms with Crippen LogP contribution in [0.15, 0.2) is 36.4 Å². The fourth-order valence-electron chi connectivity index (χ4n) is 3.61. The topological polar surface area (TPSA) is 30.9 Å². The second-order valence-electron chi connectivity index (χ2n) is 6.12. The van der Waals surface area contributed by atoms with Gasteiger partial charge in [-0.1, -0.05) is 24.3 Å². The number of rotatable bonds is 1. The predicted molar refractivity (Wildman–Crippen MR) is 86.9 cm³/mol. The Hall–Kier alpha value is -2.46. The predicted octanol–water partition coefficient (Wildman–Crippen LogP) is 3.26. The number of ether oxygens (including phenoxy) is 3. The molecule has 23 heavy (non-hydrogen) atoms. The van der Waals surface area contributed by atoms with E-state index in [0.717, 1.165) is 31.0 Å². The summed E-state index contributed by atoms with van der Waals surface area (Å²) < 4.78 is 16.5. The molecule has 2 aromatic carbocycles. The average molecular weight is 307 g/mol. The summed E-state index contributed by atoms with van der Waals surface area (Å²) in [7, 11) is 1.58. The van der Waals surface area contributed by atoms with Gasteiger partial charge < -0.3 is 19.1 Å². The monoisotopic (exact) mass is 307 g/mol. The van der Waals surface area contributed by atoms with Crippen molar-refractivity contribution in [1.82, 2.24) is 4.90 Å². The zero-order valence-corrected chi connectivity index (χ0v) is 12.9. The van der Waals surface area contributed by atoms with Gasteiger partial charge in [-0.2, -0.15) is 0 Å². The summed E-state index contributed by atoms with van der Waals surface area (Å²) >= 11 is 0. The van der Waals surface area contributed by atoms with E-state index in [1.54, 1.807) is 7.11 Å². The summed E-state index contributed by atoms with van der Waals surface area (Å²) in [5.74, 6) is 1.54. The first-order valence-corrected chi connectivity index (χ1v) is 7.90. The molecule has 0 N–H and O–H groups in total. The van der Waals surface area contributed by atoms with E-state index in [4.69, 9.17) is 14.2 Å². The van der Waals surface area contributed by atoms with E-state index in [2.05, 4.69) is 47.4 Å². The van der Waals surface area contributed by atoms with Gasteiger partial charge in [0.1, 0.15) is 0 Å². The van der Waals surface area contributed by atoms with Crippen LogP contribution in [0, 0.1) is 0 Å². The third-order valence-electron chi connectivity index (χ3n) is 4.78. The lowest BCUT2D eigenvalue weighted by atomic mass is 9.90. The van der Waals surface area contributed by atoms with Crippen molar-refractivity contribution < 1.29 is 14.2 Å². The van der Waals surface area contributed by atoms with E-state index in [1.165, 1.54) is 28.0 Å². The molecule has 0 bridgehead atoms. The van der Waals surface area contributed by atoms with Crippen LogP contribution in [0.1, 0.15) is 22.3 Å². The van der Waals surface area contributed by atoms with Crippen LogP contribution in [0.5, 0.6) is 11.5 Å². The van der Waals surface area contributed by atoms with Crippen molar-refractivity contribution in [3.05, 3.63) is 58.7 Å². The molecule has 0 radical (unpaired) electrons. The van der Waals surface area contributed by atoms with Crippen molar-refractivity contribution in [3.8, 4) is 11.5 Å². The third-order valence-corrected chi connectivity index (χ3v) is 4.78. The molecule has 3 heterocycles. The molecular formula is C19H17NO3. The van der Waals surface area contributed by atoms with Crippen LogP contribution in [-0.4, -0.2) is 25.0 Å². The van der Waals surface area contributed by atoms with Crippen LogP contribution in [0.25, 0.3) is 11.8 Å². The summed E-state index contributed by atoms with van der Waals surface area (Å²) in [6.07, 6.45) is 3.30. The molecule has 1 atom stereocenters. The number of fused-ring (bicyclic) bond motifs is 5. The number of benzene rings is 2. The van der Waals surface area contributed by atoms with Gasteiger partial charge in [0, 0.05) is 31.5 Å².